The number of nitrogens with one attached hydrogen (secondary N) is 2. The summed E-state index contributed by atoms with van der Waals surface area (Å²) in [4.78, 5) is 6.73. The summed E-state index contributed by atoms with van der Waals surface area (Å²) >= 11 is 0. The standard InChI is InChI=1S/C18H28N4/c1-3-11-20-18(19-2)21-14-16-7-9-17(10-8-16)15-22-12-5-4-6-13-22/h3,7-10H,1,4-6,11-15H2,2H3,(H2,19,20,21). The highest BCUT2D eigenvalue weighted by Gasteiger charge is 2.10. The predicted octanol–water partition coefficient (Wildman–Crippen LogP) is 2.52. The summed E-state index contributed by atoms with van der Waals surface area (Å²) in [5, 5.41) is 6.47. The molecule has 0 radical (unpaired) electrons. The van der Waals surface area contributed by atoms with E-state index in [0.29, 0.717) is 6.54 Å². The Balaban J connectivity index is 1.79. The molecule has 4 nitrogen and oxygen atoms in total. The maximum Gasteiger partial charge on any atom is 0.191 e. The minimum Gasteiger partial charge on any atom is -0.353 e. The first-order chi connectivity index (χ1) is 10.8. The van der Waals surface area contributed by atoms with E-state index in [1.807, 2.05) is 6.08 Å². The third-order valence-electron chi connectivity index (χ3n) is 3.98. The number of hydrogen-bond donors (Lipinski definition) is 2. The molecule has 120 valence electrons. The molecule has 0 amide bonds. The number of piperidine rings is 1. The van der Waals surface area contributed by atoms with Crippen LogP contribution < -0.4 is 10.6 Å². The SMILES string of the molecule is C=CCNC(=NC)NCc1ccc(CN2CCCCC2)cc1. The molecule has 1 fully saturated rings. The molecule has 0 spiro atoms. The lowest BCUT2D eigenvalue weighted by Gasteiger charge is -2.26. The normalized spacial score (nSPS) is 16.3. The molecule has 1 heterocycles. The number of guanidine groups is 1. The van der Waals surface area contributed by atoms with Gasteiger partial charge in [-0.1, -0.05) is 36.8 Å². The van der Waals surface area contributed by atoms with Crippen LogP contribution in [0.4, 0.5) is 0 Å². The molecule has 1 aliphatic heterocycles. The molecule has 2 rings (SSSR count). The predicted molar refractivity (Wildman–Crippen MR) is 94.0 cm³/mol. The van der Waals surface area contributed by atoms with Crippen molar-refractivity contribution in [3.8, 4) is 0 Å². The largest absolute Gasteiger partial charge is 0.353 e. The summed E-state index contributed by atoms with van der Waals surface area (Å²) in [7, 11) is 1.78. The van der Waals surface area contributed by atoms with Crippen molar-refractivity contribution in [3.63, 3.8) is 0 Å². The molecule has 1 aliphatic rings. The lowest BCUT2D eigenvalue weighted by molar-refractivity contribution is 0.221. The van der Waals surface area contributed by atoms with E-state index >= 15 is 0 Å². The Morgan fingerprint density at radius 3 is 2.45 bits per heavy atom. The lowest BCUT2D eigenvalue weighted by atomic mass is 10.1. The summed E-state index contributed by atoms with van der Waals surface area (Å²) in [5.41, 5.74) is 2.67. The average Bonchev–Trinajstić information content (AvgIpc) is 2.57. The highest BCUT2D eigenvalue weighted by atomic mass is 15.2. The molecular formula is C18H28N4. The van der Waals surface area contributed by atoms with Crippen LogP contribution in [0.2, 0.25) is 0 Å². The van der Waals surface area contributed by atoms with E-state index in [4.69, 9.17) is 0 Å². The molecule has 0 bridgehead atoms. The third kappa shape index (κ3) is 5.53. The highest BCUT2D eigenvalue weighted by molar-refractivity contribution is 5.79. The van der Waals surface area contributed by atoms with E-state index in [1.54, 1.807) is 7.05 Å². The molecule has 0 atom stereocenters. The van der Waals surface area contributed by atoms with Crippen molar-refractivity contribution < 1.29 is 0 Å². The second-order valence-corrected chi connectivity index (χ2v) is 5.75. The fraction of sp³-hybridized carbons (Fsp3) is 0.500. The van der Waals surface area contributed by atoms with Crippen LogP contribution in [0.1, 0.15) is 30.4 Å². The Morgan fingerprint density at radius 1 is 1.14 bits per heavy atom. The Bertz CT molecular complexity index is 472. The van der Waals surface area contributed by atoms with E-state index in [9.17, 15) is 0 Å². The minimum absolute atomic E-state index is 0.717. The van der Waals surface area contributed by atoms with Gasteiger partial charge in [0.2, 0.25) is 0 Å². The van der Waals surface area contributed by atoms with Gasteiger partial charge in [0, 0.05) is 26.7 Å². The van der Waals surface area contributed by atoms with Crippen molar-refractivity contribution in [1.82, 2.24) is 15.5 Å². The number of rotatable bonds is 6. The fourth-order valence-electron chi connectivity index (χ4n) is 2.71. The van der Waals surface area contributed by atoms with E-state index in [2.05, 4.69) is 51.4 Å². The number of hydrogen-bond acceptors (Lipinski definition) is 2. The Morgan fingerprint density at radius 2 is 1.82 bits per heavy atom. The van der Waals surface area contributed by atoms with E-state index in [1.165, 1.54) is 43.5 Å². The summed E-state index contributed by atoms with van der Waals surface area (Å²) in [5.74, 6) is 0.803. The molecule has 0 aliphatic carbocycles. The first-order valence-corrected chi connectivity index (χ1v) is 8.17. The fourth-order valence-corrected chi connectivity index (χ4v) is 2.71. The maximum absolute atomic E-state index is 4.18. The summed E-state index contributed by atoms with van der Waals surface area (Å²) < 4.78 is 0. The van der Waals surface area contributed by atoms with Crippen molar-refractivity contribution in [3.05, 3.63) is 48.0 Å². The molecule has 0 aromatic heterocycles. The van der Waals surface area contributed by atoms with Crippen molar-refractivity contribution >= 4 is 5.96 Å². The van der Waals surface area contributed by atoms with Crippen molar-refractivity contribution in [1.29, 1.82) is 0 Å². The van der Waals surface area contributed by atoms with Gasteiger partial charge in [0.15, 0.2) is 5.96 Å². The third-order valence-corrected chi connectivity index (χ3v) is 3.98. The summed E-state index contributed by atoms with van der Waals surface area (Å²) in [6.07, 6.45) is 5.91. The second-order valence-electron chi connectivity index (χ2n) is 5.75. The van der Waals surface area contributed by atoms with Gasteiger partial charge in [-0.25, -0.2) is 0 Å². The molecule has 1 saturated heterocycles. The zero-order valence-corrected chi connectivity index (χ0v) is 13.6. The second kappa shape index (κ2) is 9.26. The summed E-state index contributed by atoms with van der Waals surface area (Å²) in [6.45, 7) is 8.76. The van der Waals surface area contributed by atoms with Gasteiger partial charge in [-0.3, -0.25) is 9.89 Å². The zero-order valence-electron chi connectivity index (χ0n) is 13.6. The molecule has 0 unspecified atom stereocenters. The molecule has 1 aromatic carbocycles. The highest BCUT2D eigenvalue weighted by Crippen LogP contribution is 2.13. The minimum atomic E-state index is 0.717. The molecular weight excluding hydrogens is 272 g/mol. The monoisotopic (exact) mass is 300 g/mol. The van der Waals surface area contributed by atoms with Crippen LogP contribution >= 0.6 is 0 Å². The smallest absolute Gasteiger partial charge is 0.191 e. The number of nitrogens with zero attached hydrogens (tertiary/aromatic N) is 2. The van der Waals surface area contributed by atoms with Gasteiger partial charge in [-0.05, 0) is 37.1 Å². The van der Waals surface area contributed by atoms with Gasteiger partial charge in [0.25, 0.3) is 0 Å². The van der Waals surface area contributed by atoms with Crippen LogP contribution in [0, 0.1) is 0 Å². The average molecular weight is 300 g/mol. The number of aliphatic imine (C=N–C) groups is 1. The topological polar surface area (TPSA) is 39.7 Å². The van der Waals surface area contributed by atoms with Crippen LogP contribution in [0.5, 0.6) is 0 Å². The first-order valence-electron chi connectivity index (χ1n) is 8.17. The molecule has 0 saturated carbocycles. The van der Waals surface area contributed by atoms with Crippen molar-refractivity contribution in [2.45, 2.75) is 32.4 Å². The van der Waals surface area contributed by atoms with Crippen LogP contribution in [0.15, 0.2) is 41.9 Å². The van der Waals surface area contributed by atoms with Crippen LogP contribution in [0.25, 0.3) is 0 Å². The van der Waals surface area contributed by atoms with E-state index in [-0.39, 0.29) is 0 Å². The number of likely N-dealkylation sites (tertiary alicyclic amines) is 1. The lowest BCUT2D eigenvalue weighted by Crippen LogP contribution is -2.36. The van der Waals surface area contributed by atoms with E-state index < -0.39 is 0 Å². The van der Waals surface area contributed by atoms with Crippen molar-refractivity contribution in [2.24, 2.45) is 4.99 Å². The zero-order chi connectivity index (χ0) is 15.6. The quantitative estimate of drug-likeness (QED) is 0.482. The number of benzene rings is 1. The Labute approximate surface area is 134 Å². The first kappa shape index (κ1) is 16.6. The van der Waals surface area contributed by atoms with E-state index in [0.717, 1.165) is 19.0 Å². The van der Waals surface area contributed by atoms with Crippen LogP contribution in [0.3, 0.4) is 0 Å². The van der Waals surface area contributed by atoms with Gasteiger partial charge >= 0.3 is 0 Å². The van der Waals surface area contributed by atoms with Crippen LogP contribution in [-0.2, 0) is 13.1 Å². The molecule has 4 heteroatoms. The van der Waals surface area contributed by atoms with Gasteiger partial charge in [-0.2, -0.15) is 0 Å². The Kier molecular flexibility index (Phi) is 6.97. The van der Waals surface area contributed by atoms with Gasteiger partial charge in [0.05, 0.1) is 0 Å². The molecule has 22 heavy (non-hydrogen) atoms. The summed E-state index contributed by atoms with van der Waals surface area (Å²) in [6, 6.07) is 8.89. The maximum atomic E-state index is 4.18. The molecule has 1 aromatic rings. The van der Waals surface area contributed by atoms with Gasteiger partial charge < -0.3 is 10.6 Å². The Hall–Kier alpha value is -1.81. The van der Waals surface area contributed by atoms with Gasteiger partial charge in [-0.15, -0.1) is 6.58 Å². The van der Waals surface area contributed by atoms with Crippen LogP contribution in [-0.4, -0.2) is 37.5 Å². The molecule has 2 N–H and O–H groups in total. The van der Waals surface area contributed by atoms with Gasteiger partial charge in [0.1, 0.15) is 0 Å². The van der Waals surface area contributed by atoms with Crippen molar-refractivity contribution in [2.75, 3.05) is 26.7 Å².